The van der Waals surface area contributed by atoms with Gasteiger partial charge in [0.1, 0.15) is 15.1 Å². The molecular weight excluding hydrogens is 543 g/mol. The molecule has 43 heavy (non-hydrogen) atoms. The van der Waals surface area contributed by atoms with Crippen molar-refractivity contribution in [3.8, 4) is 0 Å². The Hall–Kier alpha value is -5.10. The van der Waals surface area contributed by atoms with E-state index >= 15 is 0 Å². The molecule has 1 aliphatic rings. The summed E-state index contributed by atoms with van der Waals surface area (Å²) in [7, 11) is 0.589. The lowest BCUT2D eigenvalue weighted by Crippen LogP contribution is -2.40. The summed E-state index contributed by atoms with van der Waals surface area (Å²) < 4.78 is 9.07. The van der Waals surface area contributed by atoms with Crippen molar-refractivity contribution in [3.05, 3.63) is 151 Å². The van der Waals surface area contributed by atoms with Crippen molar-refractivity contribution in [2.45, 2.75) is 12.3 Å². The van der Waals surface area contributed by atoms with E-state index in [1.807, 2.05) is 6.07 Å². The topological polar surface area (TPSA) is 42.1 Å². The fourth-order valence-corrected chi connectivity index (χ4v) is 7.80. The molecule has 0 fully saturated rings. The average molecular weight is 570 g/mol. The second-order valence-corrected chi connectivity index (χ2v) is 12.6. The third-order valence-corrected chi connectivity index (χ3v) is 9.87. The summed E-state index contributed by atoms with van der Waals surface area (Å²) in [6.07, 6.45) is -0.207. The zero-order valence-corrected chi connectivity index (χ0v) is 24.3. The summed E-state index contributed by atoms with van der Waals surface area (Å²) in [6, 6.07) is 49.9. The Labute approximate surface area is 251 Å². The number of rotatable bonds is 4. The van der Waals surface area contributed by atoms with Crippen LogP contribution < -0.4 is 21.0 Å². The van der Waals surface area contributed by atoms with Gasteiger partial charge in [-0.05, 0) is 35.4 Å². The van der Waals surface area contributed by atoms with Gasteiger partial charge in [-0.2, -0.15) is 0 Å². The van der Waals surface area contributed by atoms with Gasteiger partial charge in [0.05, 0.1) is 17.1 Å². The van der Waals surface area contributed by atoms with E-state index in [0.717, 1.165) is 33.1 Å². The van der Waals surface area contributed by atoms with Gasteiger partial charge in [0.25, 0.3) is 0 Å². The van der Waals surface area contributed by atoms with Gasteiger partial charge in [-0.15, -0.1) is 0 Å². The largest absolute Gasteiger partial charge is 0.454 e. The van der Waals surface area contributed by atoms with E-state index in [1.54, 1.807) is 0 Å². The van der Waals surface area contributed by atoms with Crippen LogP contribution in [0.1, 0.15) is 23.5 Å². The predicted octanol–water partition coefficient (Wildman–Crippen LogP) is 7.61. The van der Waals surface area contributed by atoms with Gasteiger partial charge in [-0.3, -0.25) is 5.32 Å². The number of aromatic nitrogens is 1. The summed E-state index contributed by atoms with van der Waals surface area (Å²) in [6.45, 7) is 0. The SMILES string of the molecule is c1ccc([Si]c2ccc3c(c2)c2ccc4c5ccccc5oc4c2n3C2Nc3ccccc3C(c3ccccc3)N2)cc1. The molecule has 2 radical (unpaired) electrons. The summed E-state index contributed by atoms with van der Waals surface area (Å²) in [5.74, 6) is 0. The van der Waals surface area contributed by atoms with Crippen LogP contribution in [-0.4, -0.2) is 14.1 Å². The van der Waals surface area contributed by atoms with Crippen LogP contribution >= 0.6 is 0 Å². The maximum atomic E-state index is 6.66. The molecule has 5 heteroatoms. The van der Waals surface area contributed by atoms with Gasteiger partial charge in [0, 0.05) is 27.2 Å². The van der Waals surface area contributed by atoms with Crippen molar-refractivity contribution >= 4 is 69.3 Å². The van der Waals surface area contributed by atoms with Crippen molar-refractivity contribution in [2.75, 3.05) is 5.32 Å². The lowest BCUT2D eigenvalue weighted by Gasteiger charge is -2.36. The van der Waals surface area contributed by atoms with E-state index in [2.05, 4.69) is 149 Å². The molecule has 4 nitrogen and oxygen atoms in total. The first-order valence-electron chi connectivity index (χ1n) is 14.7. The summed E-state index contributed by atoms with van der Waals surface area (Å²) in [5, 5.41) is 15.2. The minimum atomic E-state index is -0.207. The predicted molar refractivity (Wildman–Crippen MR) is 179 cm³/mol. The van der Waals surface area contributed by atoms with Crippen molar-refractivity contribution in [3.63, 3.8) is 0 Å². The maximum Gasteiger partial charge on any atom is 0.160 e. The van der Waals surface area contributed by atoms with Crippen LogP contribution in [0.3, 0.4) is 0 Å². The van der Waals surface area contributed by atoms with Crippen molar-refractivity contribution < 1.29 is 4.42 Å². The first kappa shape index (κ1) is 24.5. The summed E-state index contributed by atoms with van der Waals surface area (Å²) in [5.41, 5.74) is 7.70. The fourth-order valence-electron chi connectivity index (χ4n) is 6.72. The lowest BCUT2D eigenvalue weighted by atomic mass is 9.95. The number of nitrogens with zero attached hydrogens (tertiary/aromatic N) is 1. The molecule has 0 saturated carbocycles. The molecule has 204 valence electrons. The molecule has 0 saturated heterocycles. The van der Waals surface area contributed by atoms with Crippen LogP contribution in [0.4, 0.5) is 5.69 Å². The average Bonchev–Trinajstić information content (AvgIpc) is 3.61. The maximum absolute atomic E-state index is 6.66. The van der Waals surface area contributed by atoms with Gasteiger partial charge in [0.15, 0.2) is 11.9 Å². The van der Waals surface area contributed by atoms with E-state index in [0.29, 0.717) is 9.52 Å². The molecule has 2 aromatic heterocycles. The number of anilines is 1. The Morgan fingerprint density at radius 3 is 2.23 bits per heavy atom. The highest BCUT2D eigenvalue weighted by atomic mass is 28.2. The standard InChI is InChI=1S/C38H27N3OSi/c1-3-11-24(12-4-1)35-30-16-7-9-17-32(30)39-38(40-35)41-33-22-19-26(43-25-13-5-2-6-14-25)23-31(33)28-20-21-29-27-15-8-10-18-34(27)42-37(29)36(28)41/h1-23,35,38-40H. The summed E-state index contributed by atoms with van der Waals surface area (Å²) >= 11 is 0. The molecule has 0 amide bonds. The van der Waals surface area contributed by atoms with Crippen LogP contribution in [-0.2, 0) is 0 Å². The second kappa shape index (κ2) is 9.73. The highest BCUT2D eigenvalue weighted by molar-refractivity contribution is 6.67. The second-order valence-electron chi connectivity index (χ2n) is 11.2. The van der Waals surface area contributed by atoms with Gasteiger partial charge in [-0.25, -0.2) is 0 Å². The van der Waals surface area contributed by atoms with Crippen LogP contribution in [0.5, 0.6) is 0 Å². The molecule has 2 unspecified atom stereocenters. The van der Waals surface area contributed by atoms with Crippen LogP contribution in [0.25, 0.3) is 43.7 Å². The first-order chi connectivity index (χ1) is 21.3. The van der Waals surface area contributed by atoms with E-state index in [9.17, 15) is 0 Å². The number of furan rings is 1. The molecular formula is C38H27N3OSi. The number of para-hydroxylation sites is 2. The molecule has 6 aromatic carbocycles. The normalized spacial score (nSPS) is 16.6. The van der Waals surface area contributed by atoms with Crippen molar-refractivity contribution in [1.82, 2.24) is 9.88 Å². The Balaban J connectivity index is 1.30. The molecule has 1 aliphatic heterocycles. The molecule has 8 aromatic rings. The van der Waals surface area contributed by atoms with E-state index < -0.39 is 0 Å². The zero-order valence-electron chi connectivity index (χ0n) is 23.3. The Bertz CT molecular complexity index is 2290. The van der Waals surface area contributed by atoms with Crippen LogP contribution in [0.15, 0.2) is 144 Å². The minimum absolute atomic E-state index is 0.0323. The van der Waals surface area contributed by atoms with Gasteiger partial charge in [0.2, 0.25) is 0 Å². The highest BCUT2D eigenvalue weighted by Gasteiger charge is 2.30. The molecule has 2 N–H and O–H groups in total. The quantitative estimate of drug-likeness (QED) is 0.214. The first-order valence-corrected chi connectivity index (χ1v) is 15.7. The van der Waals surface area contributed by atoms with Crippen molar-refractivity contribution in [1.29, 1.82) is 0 Å². The minimum Gasteiger partial charge on any atom is -0.454 e. The number of benzene rings is 6. The van der Waals surface area contributed by atoms with Crippen LogP contribution in [0.2, 0.25) is 0 Å². The van der Waals surface area contributed by atoms with E-state index in [-0.39, 0.29) is 12.3 Å². The Morgan fingerprint density at radius 2 is 1.35 bits per heavy atom. The van der Waals surface area contributed by atoms with Gasteiger partial charge in [-0.1, -0.05) is 126 Å². The smallest absolute Gasteiger partial charge is 0.160 e. The lowest BCUT2D eigenvalue weighted by molar-refractivity contribution is 0.416. The highest BCUT2D eigenvalue weighted by Crippen LogP contribution is 2.42. The summed E-state index contributed by atoms with van der Waals surface area (Å²) in [4.78, 5) is 0. The molecule has 9 rings (SSSR count). The number of hydrogen-bond donors (Lipinski definition) is 2. The number of nitrogens with one attached hydrogen (secondary N) is 2. The monoisotopic (exact) mass is 569 g/mol. The Morgan fingerprint density at radius 1 is 0.605 bits per heavy atom. The van der Waals surface area contributed by atoms with E-state index in [1.165, 1.54) is 37.8 Å². The zero-order chi connectivity index (χ0) is 28.3. The molecule has 0 spiro atoms. The molecule has 0 aliphatic carbocycles. The number of fused-ring (bicyclic) bond motifs is 8. The molecule has 2 atom stereocenters. The van der Waals surface area contributed by atoms with Crippen molar-refractivity contribution in [2.24, 2.45) is 0 Å². The van der Waals surface area contributed by atoms with Crippen LogP contribution in [0, 0.1) is 0 Å². The molecule has 3 heterocycles. The Kier molecular flexibility index (Phi) is 5.54. The molecule has 0 bridgehead atoms. The third-order valence-electron chi connectivity index (χ3n) is 8.65. The van der Waals surface area contributed by atoms with Gasteiger partial charge < -0.3 is 14.3 Å². The number of hydrogen-bond acceptors (Lipinski definition) is 3. The van der Waals surface area contributed by atoms with E-state index in [4.69, 9.17) is 4.42 Å². The third kappa shape index (κ3) is 3.93. The van der Waals surface area contributed by atoms with Gasteiger partial charge >= 0.3 is 0 Å². The fraction of sp³-hybridized carbons (Fsp3) is 0.0526.